The molecule has 0 atom stereocenters. The van der Waals surface area contributed by atoms with Crippen LogP contribution in [0.1, 0.15) is 39.5 Å². The van der Waals surface area contributed by atoms with Crippen molar-refractivity contribution in [2.45, 2.75) is 45.6 Å². The first kappa shape index (κ1) is 15.9. The topological polar surface area (TPSA) is 18.5 Å². The van der Waals surface area contributed by atoms with Crippen LogP contribution in [-0.4, -0.2) is 62.7 Å². The van der Waals surface area contributed by atoms with Crippen molar-refractivity contribution >= 4 is 0 Å². The van der Waals surface area contributed by atoms with E-state index in [4.69, 9.17) is 0 Å². The molecule has 3 nitrogen and oxygen atoms in total. The second-order valence-electron chi connectivity index (χ2n) is 5.61. The highest BCUT2D eigenvalue weighted by Crippen LogP contribution is 2.19. The maximum atomic E-state index is 3.40. The standard InChI is InChI=1S/C13H27N3.C2H6/c1-14-13-5-9-16(10-6-13)11-12-3-7-15(2)8-4-12;1-2/h12-14H,3-11H2,1-2H3;1-2H3. The van der Waals surface area contributed by atoms with Gasteiger partial charge in [-0.05, 0) is 71.9 Å². The molecule has 0 bridgehead atoms. The number of piperidine rings is 2. The van der Waals surface area contributed by atoms with Crippen LogP contribution < -0.4 is 5.32 Å². The molecule has 0 radical (unpaired) electrons. The molecule has 0 spiro atoms. The molecule has 18 heavy (non-hydrogen) atoms. The summed E-state index contributed by atoms with van der Waals surface area (Å²) in [5.41, 5.74) is 0. The van der Waals surface area contributed by atoms with E-state index in [1.165, 1.54) is 58.4 Å². The second-order valence-corrected chi connectivity index (χ2v) is 5.61. The fraction of sp³-hybridized carbons (Fsp3) is 1.00. The van der Waals surface area contributed by atoms with Gasteiger partial charge in [-0.25, -0.2) is 0 Å². The van der Waals surface area contributed by atoms with E-state index < -0.39 is 0 Å². The quantitative estimate of drug-likeness (QED) is 0.832. The van der Waals surface area contributed by atoms with Crippen LogP contribution in [-0.2, 0) is 0 Å². The van der Waals surface area contributed by atoms with E-state index in [2.05, 4.69) is 29.2 Å². The minimum atomic E-state index is 0.772. The summed E-state index contributed by atoms with van der Waals surface area (Å²) in [6, 6.07) is 0.772. The van der Waals surface area contributed by atoms with Gasteiger partial charge in [0.15, 0.2) is 0 Å². The van der Waals surface area contributed by atoms with Crippen molar-refractivity contribution < 1.29 is 0 Å². The molecule has 0 saturated carbocycles. The van der Waals surface area contributed by atoms with Gasteiger partial charge in [-0.2, -0.15) is 0 Å². The summed E-state index contributed by atoms with van der Waals surface area (Å²) < 4.78 is 0. The summed E-state index contributed by atoms with van der Waals surface area (Å²) in [5, 5.41) is 3.40. The van der Waals surface area contributed by atoms with Crippen molar-refractivity contribution in [2.75, 3.05) is 46.8 Å². The normalized spacial score (nSPS) is 24.7. The Kier molecular flexibility index (Phi) is 7.87. The van der Waals surface area contributed by atoms with Gasteiger partial charge in [-0.3, -0.25) is 0 Å². The lowest BCUT2D eigenvalue weighted by atomic mass is 9.95. The molecular formula is C15H33N3. The minimum absolute atomic E-state index is 0.772. The Morgan fingerprint density at radius 3 is 2.00 bits per heavy atom. The first-order chi connectivity index (χ1) is 8.78. The molecule has 2 aliphatic rings. The summed E-state index contributed by atoms with van der Waals surface area (Å²) in [6.07, 6.45) is 5.48. The predicted molar refractivity (Wildman–Crippen MR) is 80.1 cm³/mol. The van der Waals surface area contributed by atoms with Crippen LogP contribution in [0.25, 0.3) is 0 Å². The number of hydrogen-bond donors (Lipinski definition) is 1. The van der Waals surface area contributed by atoms with Crippen LogP contribution >= 0.6 is 0 Å². The molecule has 0 amide bonds. The van der Waals surface area contributed by atoms with Crippen molar-refractivity contribution in [3.05, 3.63) is 0 Å². The van der Waals surface area contributed by atoms with Crippen LogP contribution in [0.5, 0.6) is 0 Å². The van der Waals surface area contributed by atoms with E-state index in [-0.39, 0.29) is 0 Å². The Labute approximate surface area is 114 Å². The zero-order valence-electron chi connectivity index (χ0n) is 12.9. The van der Waals surface area contributed by atoms with Gasteiger partial charge in [0.25, 0.3) is 0 Å². The molecule has 2 heterocycles. The van der Waals surface area contributed by atoms with E-state index in [0.717, 1.165) is 12.0 Å². The average Bonchev–Trinajstić information content (AvgIpc) is 2.44. The highest BCUT2D eigenvalue weighted by atomic mass is 15.2. The summed E-state index contributed by atoms with van der Waals surface area (Å²) in [7, 11) is 4.34. The second kappa shape index (κ2) is 8.89. The lowest BCUT2D eigenvalue weighted by Crippen LogP contribution is -2.44. The van der Waals surface area contributed by atoms with E-state index >= 15 is 0 Å². The summed E-state index contributed by atoms with van der Waals surface area (Å²) >= 11 is 0. The van der Waals surface area contributed by atoms with E-state index in [9.17, 15) is 0 Å². The molecule has 0 aromatic rings. The Bertz CT molecular complexity index is 192. The third-order valence-corrected chi connectivity index (χ3v) is 4.35. The van der Waals surface area contributed by atoms with Crippen LogP contribution in [0.15, 0.2) is 0 Å². The molecule has 2 rings (SSSR count). The van der Waals surface area contributed by atoms with Crippen molar-refractivity contribution in [1.29, 1.82) is 0 Å². The Balaban J connectivity index is 0.000000771. The highest BCUT2D eigenvalue weighted by molar-refractivity contribution is 4.79. The maximum Gasteiger partial charge on any atom is 0.00884 e. The molecule has 2 saturated heterocycles. The number of likely N-dealkylation sites (tertiary alicyclic amines) is 2. The molecule has 108 valence electrons. The number of nitrogens with zero attached hydrogens (tertiary/aromatic N) is 2. The molecule has 0 aromatic carbocycles. The molecular weight excluding hydrogens is 222 g/mol. The Hall–Kier alpha value is -0.120. The number of hydrogen-bond acceptors (Lipinski definition) is 3. The summed E-state index contributed by atoms with van der Waals surface area (Å²) in [6.45, 7) is 10.6. The maximum absolute atomic E-state index is 3.40. The van der Waals surface area contributed by atoms with Gasteiger partial charge in [0.1, 0.15) is 0 Å². The zero-order valence-corrected chi connectivity index (χ0v) is 12.9. The smallest absolute Gasteiger partial charge is 0.00884 e. The van der Waals surface area contributed by atoms with Crippen LogP contribution in [0.2, 0.25) is 0 Å². The summed E-state index contributed by atoms with van der Waals surface area (Å²) in [4.78, 5) is 5.15. The van der Waals surface area contributed by atoms with E-state index in [0.29, 0.717) is 0 Å². The molecule has 2 fully saturated rings. The fourth-order valence-corrected chi connectivity index (χ4v) is 3.01. The lowest BCUT2D eigenvalue weighted by molar-refractivity contribution is 0.135. The Morgan fingerprint density at radius 2 is 1.50 bits per heavy atom. The van der Waals surface area contributed by atoms with Crippen molar-refractivity contribution in [3.8, 4) is 0 Å². The zero-order chi connectivity index (χ0) is 13.4. The lowest BCUT2D eigenvalue weighted by Gasteiger charge is -2.36. The first-order valence-corrected chi connectivity index (χ1v) is 7.86. The van der Waals surface area contributed by atoms with Gasteiger partial charge < -0.3 is 15.1 Å². The van der Waals surface area contributed by atoms with Crippen molar-refractivity contribution in [3.63, 3.8) is 0 Å². The van der Waals surface area contributed by atoms with E-state index in [1.807, 2.05) is 13.8 Å². The molecule has 1 N–H and O–H groups in total. The van der Waals surface area contributed by atoms with Gasteiger partial charge >= 0.3 is 0 Å². The third kappa shape index (κ3) is 5.25. The van der Waals surface area contributed by atoms with Gasteiger partial charge in [0.2, 0.25) is 0 Å². The van der Waals surface area contributed by atoms with Gasteiger partial charge in [-0.15, -0.1) is 0 Å². The molecule has 3 heteroatoms. The first-order valence-electron chi connectivity index (χ1n) is 7.86. The number of nitrogens with one attached hydrogen (secondary N) is 1. The van der Waals surface area contributed by atoms with E-state index in [1.54, 1.807) is 0 Å². The molecule has 0 aliphatic carbocycles. The van der Waals surface area contributed by atoms with Crippen LogP contribution in [0.3, 0.4) is 0 Å². The summed E-state index contributed by atoms with van der Waals surface area (Å²) in [5.74, 6) is 0.960. The van der Waals surface area contributed by atoms with Gasteiger partial charge in [0.05, 0.1) is 0 Å². The predicted octanol–water partition coefficient (Wildman–Crippen LogP) is 2.04. The van der Waals surface area contributed by atoms with Crippen LogP contribution in [0.4, 0.5) is 0 Å². The average molecular weight is 255 g/mol. The SMILES string of the molecule is CC.CNC1CCN(CC2CCN(C)CC2)CC1. The molecule has 0 aromatic heterocycles. The Morgan fingerprint density at radius 1 is 0.944 bits per heavy atom. The number of rotatable bonds is 3. The third-order valence-electron chi connectivity index (χ3n) is 4.35. The molecule has 0 unspecified atom stereocenters. The fourth-order valence-electron chi connectivity index (χ4n) is 3.01. The monoisotopic (exact) mass is 255 g/mol. The van der Waals surface area contributed by atoms with Crippen molar-refractivity contribution in [2.24, 2.45) is 5.92 Å². The van der Waals surface area contributed by atoms with Crippen LogP contribution in [0, 0.1) is 5.92 Å². The largest absolute Gasteiger partial charge is 0.317 e. The minimum Gasteiger partial charge on any atom is -0.317 e. The van der Waals surface area contributed by atoms with Gasteiger partial charge in [-0.1, -0.05) is 13.8 Å². The van der Waals surface area contributed by atoms with Crippen molar-refractivity contribution in [1.82, 2.24) is 15.1 Å². The molecule has 2 aliphatic heterocycles. The highest BCUT2D eigenvalue weighted by Gasteiger charge is 2.22. The van der Waals surface area contributed by atoms with Gasteiger partial charge in [0, 0.05) is 12.6 Å².